The van der Waals surface area contributed by atoms with Crippen LogP contribution in [0.2, 0.25) is 0 Å². The van der Waals surface area contributed by atoms with Gasteiger partial charge in [0.05, 0.1) is 5.69 Å². The van der Waals surface area contributed by atoms with Gasteiger partial charge in [-0.2, -0.15) is 5.10 Å². The van der Waals surface area contributed by atoms with Crippen LogP contribution in [0.3, 0.4) is 0 Å². The molecule has 0 amide bonds. The fourth-order valence-corrected chi connectivity index (χ4v) is 3.39. The molecule has 2 N–H and O–H groups in total. The molecule has 1 unspecified atom stereocenters. The van der Waals surface area contributed by atoms with Crippen molar-refractivity contribution in [2.75, 3.05) is 18.5 Å². The number of hydrogen-bond donors (Lipinski definition) is 2. The number of aliphatic hydroxyl groups excluding tert-OH is 1. The second-order valence-corrected chi connectivity index (χ2v) is 6.41. The zero-order chi connectivity index (χ0) is 17.2. The highest BCUT2D eigenvalue weighted by molar-refractivity contribution is 5.64. The molecule has 1 atom stereocenters. The van der Waals surface area contributed by atoms with Crippen LogP contribution in [0.25, 0.3) is 11.3 Å². The molecule has 2 aromatic carbocycles. The Morgan fingerprint density at radius 2 is 1.76 bits per heavy atom. The van der Waals surface area contributed by atoms with Gasteiger partial charge < -0.3 is 10.0 Å². The maximum atomic E-state index is 10.8. The lowest BCUT2D eigenvalue weighted by atomic mass is 10.0. The van der Waals surface area contributed by atoms with Gasteiger partial charge in [0.2, 0.25) is 0 Å². The molecule has 0 fully saturated rings. The van der Waals surface area contributed by atoms with Crippen molar-refractivity contribution < 1.29 is 5.11 Å². The van der Waals surface area contributed by atoms with Gasteiger partial charge in [0.15, 0.2) is 6.35 Å². The Morgan fingerprint density at radius 3 is 2.48 bits per heavy atom. The van der Waals surface area contributed by atoms with E-state index in [9.17, 15) is 5.11 Å². The predicted molar refractivity (Wildman–Crippen MR) is 99.0 cm³/mol. The van der Waals surface area contributed by atoms with Crippen molar-refractivity contribution >= 4 is 5.69 Å². The predicted octanol–water partition coefficient (Wildman–Crippen LogP) is 2.85. The second kappa shape index (κ2) is 6.70. The van der Waals surface area contributed by atoms with E-state index in [2.05, 4.69) is 27.2 Å². The first-order valence-electron chi connectivity index (χ1n) is 8.55. The van der Waals surface area contributed by atoms with Gasteiger partial charge in [0.25, 0.3) is 0 Å². The van der Waals surface area contributed by atoms with E-state index in [0.717, 1.165) is 29.9 Å². The zero-order valence-electron chi connectivity index (χ0n) is 14.3. The number of nitrogens with zero attached hydrogens (tertiary/aromatic N) is 3. The Labute approximate surface area is 147 Å². The third-order valence-corrected chi connectivity index (χ3v) is 4.85. The van der Waals surface area contributed by atoms with Crippen LogP contribution in [0.1, 0.15) is 11.3 Å². The SMILES string of the molecule is CN(c1ccccc1)C(O)N1CCc2[nH]nc(-c3ccccc3)c2C1. The zero-order valence-corrected chi connectivity index (χ0v) is 14.3. The van der Waals surface area contributed by atoms with Gasteiger partial charge in [-0.15, -0.1) is 0 Å². The van der Waals surface area contributed by atoms with Crippen molar-refractivity contribution in [1.82, 2.24) is 15.1 Å². The second-order valence-electron chi connectivity index (χ2n) is 6.41. The van der Waals surface area contributed by atoms with E-state index >= 15 is 0 Å². The Kier molecular flexibility index (Phi) is 4.26. The molecule has 1 aliphatic rings. The lowest BCUT2D eigenvalue weighted by Crippen LogP contribution is -2.48. The van der Waals surface area contributed by atoms with Crippen LogP contribution in [0.5, 0.6) is 0 Å². The molecule has 1 aliphatic heterocycles. The molecule has 128 valence electrons. The van der Waals surface area contributed by atoms with E-state index < -0.39 is 6.35 Å². The summed E-state index contributed by atoms with van der Waals surface area (Å²) in [6, 6.07) is 20.2. The summed E-state index contributed by atoms with van der Waals surface area (Å²) < 4.78 is 0. The van der Waals surface area contributed by atoms with E-state index in [1.165, 1.54) is 11.3 Å². The van der Waals surface area contributed by atoms with Crippen LogP contribution in [-0.4, -0.2) is 40.1 Å². The van der Waals surface area contributed by atoms with Crippen LogP contribution in [0.4, 0.5) is 5.69 Å². The molecule has 25 heavy (non-hydrogen) atoms. The van der Waals surface area contributed by atoms with Crippen molar-refractivity contribution in [2.24, 2.45) is 0 Å². The molecular formula is C20H22N4O. The van der Waals surface area contributed by atoms with Gasteiger partial charge in [-0.25, -0.2) is 0 Å². The Hall–Kier alpha value is -2.63. The molecule has 0 saturated carbocycles. The summed E-state index contributed by atoms with van der Waals surface area (Å²) in [5, 5.41) is 18.5. The number of aromatic nitrogens is 2. The summed E-state index contributed by atoms with van der Waals surface area (Å²) >= 11 is 0. The number of aliphatic hydroxyl groups is 1. The first-order valence-corrected chi connectivity index (χ1v) is 8.55. The topological polar surface area (TPSA) is 55.4 Å². The molecule has 3 aromatic rings. The van der Waals surface area contributed by atoms with Crippen molar-refractivity contribution in [3.05, 3.63) is 71.9 Å². The van der Waals surface area contributed by atoms with E-state index in [4.69, 9.17) is 0 Å². The minimum atomic E-state index is -0.672. The van der Waals surface area contributed by atoms with E-state index in [-0.39, 0.29) is 0 Å². The number of aromatic amines is 1. The van der Waals surface area contributed by atoms with E-state index in [1.807, 2.05) is 60.5 Å². The van der Waals surface area contributed by atoms with Gasteiger partial charge in [-0.05, 0) is 12.1 Å². The summed E-state index contributed by atoms with van der Waals surface area (Å²) in [5.74, 6) is 0. The number of hydrogen-bond acceptors (Lipinski definition) is 4. The first kappa shape index (κ1) is 15.9. The van der Waals surface area contributed by atoms with Gasteiger partial charge in [0, 0.05) is 49.1 Å². The fraction of sp³-hybridized carbons (Fsp3) is 0.250. The standard InChI is InChI=1S/C20H22N4O/c1-23(16-10-6-3-7-11-16)20(25)24-13-12-18-17(14-24)19(22-21-18)15-8-4-2-5-9-15/h2-11,20,25H,12-14H2,1H3,(H,21,22). The summed E-state index contributed by atoms with van der Waals surface area (Å²) in [6.07, 6.45) is 0.184. The number of anilines is 1. The van der Waals surface area contributed by atoms with Crippen molar-refractivity contribution in [3.63, 3.8) is 0 Å². The maximum Gasteiger partial charge on any atom is 0.186 e. The monoisotopic (exact) mass is 334 g/mol. The van der Waals surface area contributed by atoms with Gasteiger partial charge >= 0.3 is 0 Å². The fourth-order valence-electron chi connectivity index (χ4n) is 3.39. The van der Waals surface area contributed by atoms with Crippen LogP contribution < -0.4 is 4.90 Å². The minimum Gasteiger partial charge on any atom is -0.361 e. The average Bonchev–Trinajstić information content (AvgIpc) is 3.11. The molecule has 0 bridgehead atoms. The number of benzene rings is 2. The van der Waals surface area contributed by atoms with E-state index in [1.54, 1.807) is 0 Å². The molecule has 0 aliphatic carbocycles. The van der Waals surface area contributed by atoms with Crippen molar-refractivity contribution in [2.45, 2.75) is 19.3 Å². The third kappa shape index (κ3) is 3.04. The Bertz CT molecular complexity index is 831. The van der Waals surface area contributed by atoms with Gasteiger partial charge in [0.1, 0.15) is 0 Å². The summed E-state index contributed by atoms with van der Waals surface area (Å²) in [4.78, 5) is 3.98. The molecule has 0 radical (unpaired) electrons. The van der Waals surface area contributed by atoms with Crippen LogP contribution in [0.15, 0.2) is 60.7 Å². The highest BCUT2D eigenvalue weighted by atomic mass is 16.3. The van der Waals surface area contributed by atoms with E-state index in [0.29, 0.717) is 6.54 Å². The Balaban J connectivity index is 1.57. The van der Waals surface area contributed by atoms with Gasteiger partial charge in [-0.1, -0.05) is 48.5 Å². The first-order chi connectivity index (χ1) is 12.2. The minimum absolute atomic E-state index is 0.672. The maximum absolute atomic E-state index is 10.8. The molecule has 5 heteroatoms. The number of rotatable bonds is 4. The highest BCUT2D eigenvalue weighted by Crippen LogP contribution is 2.29. The lowest BCUT2D eigenvalue weighted by Gasteiger charge is -2.37. The highest BCUT2D eigenvalue weighted by Gasteiger charge is 2.28. The molecule has 5 nitrogen and oxygen atoms in total. The number of H-pyrrole nitrogens is 1. The molecule has 2 heterocycles. The smallest absolute Gasteiger partial charge is 0.186 e. The van der Waals surface area contributed by atoms with Crippen LogP contribution >= 0.6 is 0 Å². The average molecular weight is 334 g/mol. The summed E-state index contributed by atoms with van der Waals surface area (Å²) in [5.41, 5.74) is 5.43. The molecule has 1 aromatic heterocycles. The number of fused-ring (bicyclic) bond motifs is 1. The van der Waals surface area contributed by atoms with Crippen LogP contribution in [0, 0.1) is 0 Å². The summed E-state index contributed by atoms with van der Waals surface area (Å²) in [6.45, 7) is 1.47. The van der Waals surface area contributed by atoms with Gasteiger partial charge in [-0.3, -0.25) is 10.00 Å². The number of para-hydroxylation sites is 1. The molecular weight excluding hydrogens is 312 g/mol. The summed E-state index contributed by atoms with van der Waals surface area (Å²) in [7, 11) is 1.92. The molecule has 0 spiro atoms. The van der Waals surface area contributed by atoms with Crippen molar-refractivity contribution in [1.29, 1.82) is 0 Å². The number of nitrogens with one attached hydrogen (secondary N) is 1. The molecule has 4 rings (SSSR count). The normalized spacial score (nSPS) is 15.6. The van der Waals surface area contributed by atoms with Crippen molar-refractivity contribution in [3.8, 4) is 11.3 Å². The Morgan fingerprint density at radius 1 is 1.08 bits per heavy atom. The largest absolute Gasteiger partial charge is 0.361 e. The quantitative estimate of drug-likeness (QED) is 0.721. The third-order valence-electron chi connectivity index (χ3n) is 4.85. The lowest BCUT2D eigenvalue weighted by molar-refractivity contribution is -0.00412. The molecule has 0 saturated heterocycles. The van der Waals surface area contributed by atoms with Crippen LogP contribution in [-0.2, 0) is 13.0 Å².